The van der Waals surface area contributed by atoms with Crippen LogP contribution < -0.4 is 16.0 Å². The van der Waals surface area contributed by atoms with E-state index < -0.39 is 23.7 Å². The molecule has 0 aliphatic heterocycles. The molecule has 3 N–H and O–H groups in total. The molecule has 7 nitrogen and oxygen atoms in total. The molecule has 33 heavy (non-hydrogen) atoms. The van der Waals surface area contributed by atoms with Gasteiger partial charge in [0.1, 0.15) is 23.0 Å². The van der Waals surface area contributed by atoms with Gasteiger partial charge in [-0.15, -0.1) is 0 Å². The number of hydrogen-bond acceptors (Lipinski definition) is 3. The van der Waals surface area contributed by atoms with Gasteiger partial charge in [-0.2, -0.15) is 0 Å². The van der Waals surface area contributed by atoms with Crippen molar-refractivity contribution in [3.63, 3.8) is 0 Å². The van der Waals surface area contributed by atoms with E-state index >= 15 is 0 Å². The minimum Gasteiger partial charge on any atom is -0.331 e. The molecule has 9 heteroatoms. The average Bonchev–Trinajstić information content (AvgIpc) is 3.18. The number of carbonyl (C=O) groups excluding carboxylic acids is 2. The zero-order valence-electron chi connectivity index (χ0n) is 17.9. The molecule has 4 rings (SSSR count). The fourth-order valence-corrected chi connectivity index (χ4v) is 3.40. The topological polar surface area (TPSA) is 87.5 Å². The number of benzene rings is 2. The average molecular weight is 449 g/mol. The lowest BCUT2D eigenvalue weighted by molar-refractivity contribution is 0.102. The summed E-state index contributed by atoms with van der Waals surface area (Å²) in [6.45, 7) is 3.61. The molecule has 0 aliphatic rings. The summed E-state index contributed by atoms with van der Waals surface area (Å²) in [5, 5.41) is 8.02. The number of urea groups is 1. The highest BCUT2D eigenvalue weighted by molar-refractivity contribution is 6.04. The van der Waals surface area contributed by atoms with Crippen molar-refractivity contribution in [1.29, 1.82) is 0 Å². The van der Waals surface area contributed by atoms with E-state index in [0.717, 1.165) is 29.3 Å². The van der Waals surface area contributed by atoms with Crippen molar-refractivity contribution in [2.24, 2.45) is 0 Å². The van der Waals surface area contributed by atoms with Crippen LogP contribution in [-0.2, 0) is 0 Å². The molecule has 0 fully saturated rings. The maximum Gasteiger partial charge on any atom is 0.319 e. The smallest absolute Gasteiger partial charge is 0.319 e. The Balaban J connectivity index is 1.47. The molecule has 0 aliphatic carbocycles. The van der Waals surface area contributed by atoms with Gasteiger partial charge >= 0.3 is 6.03 Å². The van der Waals surface area contributed by atoms with Gasteiger partial charge in [0.15, 0.2) is 0 Å². The van der Waals surface area contributed by atoms with Crippen LogP contribution in [0.25, 0.3) is 5.65 Å². The summed E-state index contributed by atoms with van der Waals surface area (Å²) in [6, 6.07) is 12.6. The third-order valence-electron chi connectivity index (χ3n) is 5.13. The molecule has 0 saturated carbocycles. The molecule has 2 aromatic carbocycles. The van der Waals surface area contributed by atoms with E-state index in [2.05, 4.69) is 20.9 Å². The first kappa shape index (κ1) is 21.9. The van der Waals surface area contributed by atoms with Gasteiger partial charge in [-0.05, 0) is 55.3 Å². The van der Waals surface area contributed by atoms with Crippen LogP contribution in [-0.4, -0.2) is 21.3 Å². The van der Waals surface area contributed by atoms with Crippen LogP contribution in [0.4, 0.5) is 25.0 Å². The quantitative estimate of drug-likeness (QED) is 0.398. The van der Waals surface area contributed by atoms with Crippen molar-refractivity contribution in [3.8, 4) is 0 Å². The Morgan fingerprint density at radius 2 is 1.76 bits per heavy atom. The first-order chi connectivity index (χ1) is 15.8. The lowest BCUT2D eigenvalue weighted by atomic mass is 10.0. The maximum atomic E-state index is 13.3. The minimum absolute atomic E-state index is 0.00194. The van der Waals surface area contributed by atoms with Gasteiger partial charge in [-0.3, -0.25) is 9.20 Å². The number of halogens is 2. The standard InChI is InChI=1S/C24H21F2N5O2/c1-14-6-7-16(15(2)28-24(33)29-19-11-17(25)10-18(26)12-19)9-20(14)30-23(32)21-13-27-22-5-3-4-8-31(21)22/h3-13,15H,1-2H3,(H,30,32)(H2,28,29,33)/t15-/m0/s1. The van der Waals surface area contributed by atoms with Crippen molar-refractivity contribution < 1.29 is 18.4 Å². The van der Waals surface area contributed by atoms with E-state index in [4.69, 9.17) is 0 Å². The molecule has 1 atom stereocenters. The Kier molecular flexibility index (Phi) is 6.03. The SMILES string of the molecule is Cc1ccc([C@H](C)NC(=O)Nc2cc(F)cc(F)c2)cc1NC(=O)c1cnc2ccccn12. The van der Waals surface area contributed by atoms with Crippen molar-refractivity contribution in [2.45, 2.75) is 19.9 Å². The molecule has 0 saturated heterocycles. The number of pyridine rings is 1. The molecule has 2 aromatic heterocycles. The van der Waals surface area contributed by atoms with Crippen LogP contribution in [0.5, 0.6) is 0 Å². The minimum atomic E-state index is -0.789. The second kappa shape index (κ2) is 9.07. The van der Waals surface area contributed by atoms with Gasteiger partial charge in [-0.25, -0.2) is 18.6 Å². The molecule has 0 bridgehead atoms. The van der Waals surface area contributed by atoms with E-state index in [9.17, 15) is 18.4 Å². The third kappa shape index (κ3) is 4.98. The highest BCUT2D eigenvalue weighted by atomic mass is 19.1. The lowest BCUT2D eigenvalue weighted by Gasteiger charge is -2.17. The second-order valence-electron chi connectivity index (χ2n) is 7.58. The summed E-state index contributed by atoms with van der Waals surface area (Å²) in [5.41, 5.74) is 3.22. The van der Waals surface area contributed by atoms with Crippen LogP contribution >= 0.6 is 0 Å². The van der Waals surface area contributed by atoms with Crippen LogP contribution in [0.1, 0.15) is 34.6 Å². The Labute approximate surface area is 188 Å². The highest BCUT2D eigenvalue weighted by Gasteiger charge is 2.16. The summed E-state index contributed by atoms with van der Waals surface area (Å²) < 4.78 is 28.4. The number of nitrogens with zero attached hydrogens (tertiary/aromatic N) is 2. The van der Waals surface area contributed by atoms with Gasteiger partial charge in [0.2, 0.25) is 0 Å². The molecule has 2 heterocycles. The van der Waals surface area contributed by atoms with Gasteiger partial charge < -0.3 is 16.0 Å². The zero-order chi connectivity index (χ0) is 23.5. The van der Waals surface area contributed by atoms with E-state index in [1.807, 2.05) is 31.2 Å². The van der Waals surface area contributed by atoms with Gasteiger partial charge in [0.05, 0.1) is 12.2 Å². The van der Waals surface area contributed by atoms with Crippen LogP contribution in [0.15, 0.2) is 67.0 Å². The Morgan fingerprint density at radius 1 is 1.00 bits per heavy atom. The number of nitrogens with one attached hydrogen (secondary N) is 3. The molecular weight excluding hydrogens is 428 g/mol. The first-order valence-electron chi connectivity index (χ1n) is 10.2. The number of imidazole rings is 1. The molecule has 3 amide bonds. The predicted molar refractivity (Wildman–Crippen MR) is 121 cm³/mol. The first-order valence-corrected chi connectivity index (χ1v) is 10.2. The number of fused-ring (bicyclic) bond motifs is 1. The number of amides is 3. The van der Waals surface area contributed by atoms with Crippen LogP contribution in [0, 0.1) is 18.6 Å². The molecule has 0 spiro atoms. The zero-order valence-corrected chi connectivity index (χ0v) is 17.9. The fourth-order valence-electron chi connectivity index (χ4n) is 3.40. The summed E-state index contributed by atoms with van der Waals surface area (Å²) in [6.07, 6.45) is 3.27. The summed E-state index contributed by atoms with van der Waals surface area (Å²) in [7, 11) is 0. The molecule has 168 valence electrons. The fraction of sp³-hybridized carbons (Fsp3) is 0.125. The summed E-state index contributed by atoms with van der Waals surface area (Å²) in [4.78, 5) is 29.4. The Hall–Kier alpha value is -4.27. The van der Waals surface area contributed by atoms with Gasteiger partial charge in [0.25, 0.3) is 5.91 Å². The van der Waals surface area contributed by atoms with Crippen molar-refractivity contribution in [2.75, 3.05) is 10.6 Å². The molecule has 4 aromatic rings. The Bertz CT molecular complexity index is 1330. The van der Waals surface area contributed by atoms with E-state index in [1.54, 1.807) is 29.7 Å². The van der Waals surface area contributed by atoms with E-state index in [1.165, 1.54) is 6.20 Å². The number of aryl methyl sites for hydroxylation is 1. The van der Waals surface area contributed by atoms with Crippen molar-refractivity contribution >= 4 is 29.0 Å². The van der Waals surface area contributed by atoms with Crippen LogP contribution in [0.3, 0.4) is 0 Å². The monoisotopic (exact) mass is 449 g/mol. The number of rotatable bonds is 5. The number of hydrogen-bond donors (Lipinski definition) is 3. The molecule has 0 radical (unpaired) electrons. The molecular formula is C24H21F2N5O2. The summed E-state index contributed by atoms with van der Waals surface area (Å²) in [5.74, 6) is -1.90. The maximum absolute atomic E-state index is 13.3. The van der Waals surface area contributed by atoms with Crippen LogP contribution in [0.2, 0.25) is 0 Å². The number of carbonyl (C=O) groups is 2. The lowest BCUT2D eigenvalue weighted by Crippen LogP contribution is -2.31. The second-order valence-corrected chi connectivity index (χ2v) is 7.58. The van der Waals surface area contributed by atoms with Gasteiger partial charge in [0, 0.05) is 23.6 Å². The van der Waals surface area contributed by atoms with E-state index in [-0.39, 0.29) is 11.6 Å². The number of anilines is 2. The normalized spacial score (nSPS) is 11.8. The molecule has 0 unspecified atom stereocenters. The predicted octanol–water partition coefficient (Wildman–Crippen LogP) is 5.06. The Morgan fingerprint density at radius 3 is 2.52 bits per heavy atom. The van der Waals surface area contributed by atoms with Gasteiger partial charge in [-0.1, -0.05) is 18.2 Å². The van der Waals surface area contributed by atoms with Crippen molar-refractivity contribution in [1.82, 2.24) is 14.7 Å². The number of aromatic nitrogens is 2. The highest BCUT2D eigenvalue weighted by Crippen LogP contribution is 2.23. The van der Waals surface area contributed by atoms with E-state index in [0.29, 0.717) is 17.0 Å². The largest absolute Gasteiger partial charge is 0.331 e. The van der Waals surface area contributed by atoms with Crippen molar-refractivity contribution in [3.05, 3.63) is 95.4 Å². The third-order valence-corrected chi connectivity index (χ3v) is 5.13. The summed E-state index contributed by atoms with van der Waals surface area (Å²) >= 11 is 0.